The highest BCUT2D eigenvalue weighted by Gasteiger charge is 2.53. The smallest absolute Gasteiger partial charge is 0.264 e. The lowest BCUT2D eigenvalue weighted by atomic mass is 10.1. The fourth-order valence-electron chi connectivity index (χ4n) is 2.21. The number of hydrogen-bond donors (Lipinski definition) is 0. The third-order valence-corrected chi connectivity index (χ3v) is 3.33. The summed E-state index contributed by atoms with van der Waals surface area (Å²) in [4.78, 5) is 0. The number of ether oxygens (including phenoxy) is 4. The zero-order valence-corrected chi connectivity index (χ0v) is 11.6. The van der Waals surface area contributed by atoms with Crippen molar-refractivity contribution >= 4 is 10.1 Å². The molecule has 0 bridgehead atoms. The molecule has 2 fully saturated rings. The van der Waals surface area contributed by atoms with Crippen LogP contribution in [0.4, 0.5) is 0 Å². The van der Waals surface area contributed by atoms with E-state index in [0.717, 1.165) is 6.26 Å². The van der Waals surface area contributed by atoms with Gasteiger partial charge < -0.3 is 18.9 Å². The Labute approximate surface area is 106 Å². The van der Waals surface area contributed by atoms with Crippen LogP contribution in [0.2, 0.25) is 0 Å². The van der Waals surface area contributed by atoms with E-state index in [2.05, 4.69) is 0 Å². The average molecular weight is 282 g/mol. The molecule has 0 aromatic carbocycles. The Morgan fingerprint density at radius 2 is 1.94 bits per heavy atom. The van der Waals surface area contributed by atoms with Crippen molar-refractivity contribution < 1.29 is 31.5 Å². The molecular weight excluding hydrogens is 264 g/mol. The Bertz CT molecular complexity index is 404. The molecule has 4 atom stereocenters. The maximum absolute atomic E-state index is 11.3. The first kappa shape index (κ1) is 14.2. The Kier molecular flexibility index (Phi) is 3.69. The number of hydrogen-bond acceptors (Lipinski definition) is 7. The summed E-state index contributed by atoms with van der Waals surface area (Å²) in [6, 6.07) is 0. The van der Waals surface area contributed by atoms with Crippen LogP contribution >= 0.6 is 0 Å². The van der Waals surface area contributed by atoms with Crippen LogP contribution in [0.1, 0.15) is 13.8 Å². The number of methoxy groups -OCH3 is 1. The maximum atomic E-state index is 11.3. The highest BCUT2D eigenvalue weighted by molar-refractivity contribution is 7.86. The molecular formula is C10H18O7S. The largest absolute Gasteiger partial charge is 0.353 e. The minimum Gasteiger partial charge on any atom is -0.353 e. The molecule has 106 valence electrons. The van der Waals surface area contributed by atoms with E-state index in [0.29, 0.717) is 0 Å². The van der Waals surface area contributed by atoms with Crippen LogP contribution in [0.25, 0.3) is 0 Å². The molecule has 2 heterocycles. The van der Waals surface area contributed by atoms with Crippen molar-refractivity contribution in [2.45, 2.75) is 44.2 Å². The first-order chi connectivity index (χ1) is 8.22. The van der Waals surface area contributed by atoms with Crippen LogP contribution in [0.15, 0.2) is 0 Å². The molecule has 1 unspecified atom stereocenters. The minimum absolute atomic E-state index is 0.274. The van der Waals surface area contributed by atoms with Gasteiger partial charge in [-0.25, -0.2) is 0 Å². The van der Waals surface area contributed by atoms with E-state index in [9.17, 15) is 8.42 Å². The highest BCUT2D eigenvalue weighted by atomic mass is 32.2. The second-order valence-corrected chi connectivity index (χ2v) is 6.44. The minimum atomic E-state index is -3.64. The number of rotatable bonds is 3. The Balaban J connectivity index is 2.20. The molecule has 0 saturated carbocycles. The fraction of sp³-hybridized carbons (Fsp3) is 1.00. The van der Waals surface area contributed by atoms with E-state index in [1.165, 1.54) is 7.11 Å². The van der Waals surface area contributed by atoms with Crippen molar-refractivity contribution in [1.29, 1.82) is 0 Å². The molecule has 0 radical (unpaired) electrons. The van der Waals surface area contributed by atoms with E-state index in [4.69, 9.17) is 23.1 Å². The molecule has 8 heteroatoms. The Hall–Kier alpha value is -0.250. The SMILES string of the molecule is COC1OC[C@@H]2OC(C)(C)O[C@@H]2[C@H]1OS(C)(=O)=O. The summed E-state index contributed by atoms with van der Waals surface area (Å²) in [7, 11) is -2.22. The summed E-state index contributed by atoms with van der Waals surface area (Å²) in [6.07, 6.45) is -1.58. The van der Waals surface area contributed by atoms with Crippen molar-refractivity contribution in [2.75, 3.05) is 20.0 Å². The summed E-state index contributed by atoms with van der Waals surface area (Å²) in [5, 5.41) is 0. The van der Waals surface area contributed by atoms with Gasteiger partial charge in [0, 0.05) is 7.11 Å². The van der Waals surface area contributed by atoms with Gasteiger partial charge in [-0.2, -0.15) is 8.42 Å². The van der Waals surface area contributed by atoms with Crippen LogP contribution in [-0.2, 0) is 33.2 Å². The van der Waals surface area contributed by atoms with Gasteiger partial charge in [0.1, 0.15) is 12.2 Å². The molecule has 0 aromatic rings. The molecule has 7 nitrogen and oxygen atoms in total. The summed E-state index contributed by atoms with van der Waals surface area (Å²) in [5.74, 6) is -0.791. The molecule has 2 aliphatic rings. The Morgan fingerprint density at radius 1 is 1.28 bits per heavy atom. The van der Waals surface area contributed by atoms with Gasteiger partial charge in [-0.15, -0.1) is 0 Å². The molecule has 0 aromatic heterocycles. The van der Waals surface area contributed by atoms with Gasteiger partial charge in [0.2, 0.25) is 0 Å². The van der Waals surface area contributed by atoms with Crippen molar-refractivity contribution in [3.63, 3.8) is 0 Å². The second-order valence-electron chi connectivity index (χ2n) is 4.84. The topological polar surface area (TPSA) is 80.3 Å². The zero-order valence-electron chi connectivity index (χ0n) is 10.8. The molecule has 2 aliphatic heterocycles. The van der Waals surface area contributed by atoms with E-state index in [1.807, 2.05) is 0 Å². The summed E-state index contributed by atoms with van der Waals surface area (Å²) in [5.41, 5.74) is 0. The summed E-state index contributed by atoms with van der Waals surface area (Å²) >= 11 is 0. The summed E-state index contributed by atoms with van der Waals surface area (Å²) < 4.78 is 49.3. The van der Waals surface area contributed by atoms with Gasteiger partial charge in [-0.1, -0.05) is 0 Å². The molecule has 0 amide bonds. The van der Waals surface area contributed by atoms with E-state index < -0.39 is 34.4 Å². The Morgan fingerprint density at radius 3 is 2.50 bits per heavy atom. The van der Waals surface area contributed by atoms with Crippen LogP contribution < -0.4 is 0 Å². The van der Waals surface area contributed by atoms with Gasteiger partial charge in [0.25, 0.3) is 10.1 Å². The highest BCUT2D eigenvalue weighted by Crippen LogP contribution is 2.36. The average Bonchev–Trinajstić information content (AvgIpc) is 2.51. The van der Waals surface area contributed by atoms with Gasteiger partial charge in [-0.3, -0.25) is 4.18 Å². The van der Waals surface area contributed by atoms with Crippen molar-refractivity contribution in [3.05, 3.63) is 0 Å². The van der Waals surface area contributed by atoms with Gasteiger partial charge >= 0.3 is 0 Å². The van der Waals surface area contributed by atoms with E-state index in [1.54, 1.807) is 13.8 Å². The lowest BCUT2D eigenvalue weighted by Crippen LogP contribution is -2.54. The zero-order chi connectivity index (χ0) is 13.6. The molecule has 0 N–H and O–H groups in total. The van der Waals surface area contributed by atoms with Gasteiger partial charge in [-0.05, 0) is 13.8 Å². The molecule has 2 saturated heterocycles. The van der Waals surface area contributed by atoms with E-state index in [-0.39, 0.29) is 12.7 Å². The van der Waals surface area contributed by atoms with Crippen LogP contribution in [0.5, 0.6) is 0 Å². The molecule has 2 rings (SSSR count). The van der Waals surface area contributed by atoms with Crippen molar-refractivity contribution in [2.24, 2.45) is 0 Å². The van der Waals surface area contributed by atoms with Gasteiger partial charge in [0.15, 0.2) is 18.2 Å². The number of fused-ring (bicyclic) bond motifs is 1. The lowest BCUT2D eigenvalue weighted by molar-refractivity contribution is -0.233. The predicted octanol–water partition coefficient (Wildman–Crippen LogP) is -0.146. The third-order valence-electron chi connectivity index (χ3n) is 2.76. The first-order valence-electron chi connectivity index (χ1n) is 5.60. The van der Waals surface area contributed by atoms with Crippen molar-refractivity contribution in [1.82, 2.24) is 0 Å². The third kappa shape index (κ3) is 3.01. The van der Waals surface area contributed by atoms with Crippen molar-refractivity contribution in [3.8, 4) is 0 Å². The van der Waals surface area contributed by atoms with Gasteiger partial charge in [0.05, 0.1) is 12.9 Å². The second kappa shape index (κ2) is 4.69. The summed E-state index contributed by atoms with van der Waals surface area (Å²) in [6.45, 7) is 3.78. The molecule has 18 heavy (non-hydrogen) atoms. The predicted molar refractivity (Wildman–Crippen MR) is 60.3 cm³/mol. The normalized spacial score (nSPS) is 39.6. The fourth-order valence-corrected chi connectivity index (χ4v) is 2.82. The lowest BCUT2D eigenvalue weighted by Gasteiger charge is -2.35. The van der Waals surface area contributed by atoms with Crippen LogP contribution in [-0.4, -0.2) is 58.8 Å². The van der Waals surface area contributed by atoms with Crippen LogP contribution in [0.3, 0.4) is 0 Å². The molecule has 0 aliphatic carbocycles. The van der Waals surface area contributed by atoms with E-state index >= 15 is 0 Å². The molecule has 0 spiro atoms. The standard InChI is InChI=1S/C10H18O7S/c1-10(2)15-6-5-14-9(13-3)8(7(6)16-10)17-18(4,11)12/h6-9H,5H2,1-4H3/t6-,7-,8+,9?/m0/s1. The maximum Gasteiger partial charge on any atom is 0.264 e. The quantitative estimate of drug-likeness (QED) is 0.666. The monoisotopic (exact) mass is 282 g/mol. The first-order valence-corrected chi connectivity index (χ1v) is 7.42. The van der Waals surface area contributed by atoms with Crippen LogP contribution in [0, 0.1) is 0 Å².